The van der Waals surface area contributed by atoms with Crippen LogP contribution in [0.5, 0.6) is 0 Å². The number of aromatic nitrogens is 1. The molecule has 0 amide bonds. The Morgan fingerprint density at radius 1 is 1.38 bits per heavy atom. The first-order chi connectivity index (χ1) is 7.75. The molecule has 0 aliphatic heterocycles. The van der Waals surface area contributed by atoms with E-state index in [1.165, 1.54) is 25.7 Å². The van der Waals surface area contributed by atoms with Crippen LogP contribution >= 0.6 is 0 Å². The molecule has 16 heavy (non-hydrogen) atoms. The first-order valence-corrected chi connectivity index (χ1v) is 6.35. The van der Waals surface area contributed by atoms with E-state index >= 15 is 0 Å². The summed E-state index contributed by atoms with van der Waals surface area (Å²) in [5, 5.41) is 10.1. The third-order valence-electron chi connectivity index (χ3n) is 3.60. The molecule has 1 aliphatic rings. The Morgan fingerprint density at radius 3 is 2.81 bits per heavy atom. The fraction of sp³-hybridized carbons (Fsp3) is 0.643. The van der Waals surface area contributed by atoms with Gasteiger partial charge in [0.25, 0.3) is 0 Å². The van der Waals surface area contributed by atoms with E-state index in [0.29, 0.717) is 0 Å². The number of pyridine rings is 1. The van der Waals surface area contributed by atoms with Crippen LogP contribution in [0.4, 0.5) is 0 Å². The van der Waals surface area contributed by atoms with Gasteiger partial charge in [-0.05, 0) is 36.8 Å². The van der Waals surface area contributed by atoms with Gasteiger partial charge in [-0.1, -0.05) is 31.7 Å². The van der Waals surface area contributed by atoms with E-state index in [2.05, 4.69) is 4.98 Å². The highest BCUT2D eigenvalue weighted by Crippen LogP contribution is 2.31. The van der Waals surface area contributed by atoms with Crippen molar-refractivity contribution in [3.63, 3.8) is 0 Å². The standard InChI is InChI=1S/C14H21NO/c1-11-8-13(10-15-9-11)14(16)7-6-12-4-2-3-5-12/h8-10,12,14,16H,2-7H2,1H3. The van der Waals surface area contributed by atoms with Crippen molar-refractivity contribution >= 4 is 0 Å². The highest BCUT2D eigenvalue weighted by atomic mass is 16.3. The van der Waals surface area contributed by atoms with Gasteiger partial charge >= 0.3 is 0 Å². The molecule has 1 N–H and O–H groups in total. The van der Waals surface area contributed by atoms with Crippen LogP contribution in [0.3, 0.4) is 0 Å². The summed E-state index contributed by atoms with van der Waals surface area (Å²) in [5.74, 6) is 0.854. The van der Waals surface area contributed by atoms with Gasteiger partial charge in [-0.3, -0.25) is 4.98 Å². The zero-order valence-corrected chi connectivity index (χ0v) is 10.0. The highest BCUT2D eigenvalue weighted by molar-refractivity contribution is 5.18. The molecule has 2 rings (SSSR count). The monoisotopic (exact) mass is 219 g/mol. The predicted molar refractivity (Wildman–Crippen MR) is 65.1 cm³/mol. The van der Waals surface area contributed by atoms with E-state index in [1.54, 1.807) is 6.20 Å². The third-order valence-corrected chi connectivity index (χ3v) is 3.60. The SMILES string of the molecule is Cc1cncc(C(O)CCC2CCCC2)c1. The summed E-state index contributed by atoms with van der Waals surface area (Å²) in [6.07, 6.45) is 10.8. The minimum Gasteiger partial charge on any atom is -0.388 e. The Bertz CT molecular complexity index is 331. The van der Waals surface area contributed by atoms with E-state index in [0.717, 1.165) is 29.9 Å². The summed E-state index contributed by atoms with van der Waals surface area (Å²) in [4.78, 5) is 4.13. The molecule has 2 heteroatoms. The molecule has 1 atom stereocenters. The van der Waals surface area contributed by atoms with Gasteiger partial charge in [0, 0.05) is 12.4 Å². The van der Waals surface area contributed by atoms with Gasteiger partial charge in [0.15, 0.2) is 0 Å². The van der Waals surface area contributed by atoms with Gasteiger partial charge in [-0.25, -0.2) is 0 Å². The van der Waals surface area contributed by atoms with Crippen LogP contribution in [0.1, 0.15) is 55.8 Å². The summed E-state index contributed by atoms with van der Waals surface area (Å²) in [7, 11) is 0. The smallest absolute Gasteiger partial charge is 0.0805 e. The van der Waals surface area contributed by atoms with E-state index < -0.39 is 0 Å². The molecule has 0 bridgehead atoms. The fourth-order valence-electron chi connectivity index (χ4n) is 2.62. The number of hydrogen-bond acceptors (Lipinski definition) is 2. The Labute approximate surface area is 97.7 Å². The van der Waals surface area contributed by atoms with Crippen molar-refractivity contribution in [1.29, 1.82) is 0 Å². The highest BCUT2D eigenvalue weighted by Gasteiger charge is 2.17. The molecular formula is C14H21NO. The fourth-order valence-corrected chi connectivity index (χ4v) is 2.62. The molecule has 1 fully saturated rings. The van der Waals surface area contributed by atoms with E-state index in [4.69, 9.17) is 0 Å². The van der Waals surface area contributed by atoms with Crippen LogP contribution in [0, 0.1) is 12.8 Å². The normalized spacial score (nSPS) is 18.9. The van der Waals surface area contributed by atoms with Crippen molar-refractivity contribution in [3.8, 4) is 0 Å². The molecule has 1 aliphatic carbocycles. The van der Waals surface area contributed by atoms with Crippen molar-refractivity contribution in [2.75, 3.05) is 0 Å². The minimum atomic E-state index is -0.326. The average Bonchev–Trinajstić information content (AvgIpc) is 2.78. The molecule has 1 heterocycles. The van der Waals surface area contributed by atoms with Crippen molar-refractivity contribution < 1.29 is 5.11 Å². The molecule has 0 radical (unpaired) electrons. The summed E-state index contributed by atoms with van der Waals surface area (Å²) in [6, 6.07) is 2.03. The first kappa shape index (κ1) is 11.6. The lowest BCUT2D eigenvalue weighted by atomic mass is 9.97. The Kier molecular flexibility index (Phi) is 3.94. The van der Waals surface area contributed by atoms with Crippen molar-refractivity contribution in [2.45, 2.75) is 51.6 Å². The maximum absolute atomic E-state index is 10.1. The topological polar surface area (TPSA) is 33.1 Å². The number of aliphatic hydroxyl groups excluding tert-OH is 1. The molecule has 0 spiro atoms. The van der Waals surface area contributed by atoms with Crippen LogP contribution in [0.15, 0.2) is 18.5 Å². The van der Waals surface area contributed by atoms with Crippen LogP contribution in [-0.4, -0.2) is 10.1 Å². The maximum atomic E-state index is 10.1. The average molecular weight is 219 g/mol. The second kappa shape index (κ2) is 5.44. The van der Waals surface area contributed by atoms with Gasteiger partial charge in [0.1, 0.15) is 0 Å². The summed E-state index contributed by atoms with van der Waals surface area (Å²) in [5.41, 5.74) is 2.09. The molecule has 1 aromatic heterocycles. The molecule has 0 saturated heterocycles. The second-order valence-corrected chi connectivity index (χ2v) is 5.04. The molecule has 1 saturated carbocycles. The minimum absolute atomic E-state index is 0.326. The van der Waals surface area contributed by atoms with E-state index in [1.807, 2.05) is 19.2 Å². The Balaban J connectivity index is 1.85. The van der Waals surface area contributed by atoms with Gasteiger partial charge in [-0.15, -0.1) is 0 Å². The second-order valence-electron chi connectivity index (χ2n) is 5.04. The van der Waals surface area contributed by atoms with Crippen LogP contribution in [0.25, 0.3) is 0 Å². The molecule has 88 valence electrons. The lowest BCUT2D eigenvalue weighted by Crippen LogP contribution is -2.02. The number of rotatable bonds is 4. The lowest BCUT2D eigenvalue weighted by molar-refractivity contribution is 0.156. The van der Waals surface area contributed by atoms with Crippen LogP contribution < -0.4 is 0 Å². The van der Waals surface area contributed by atoms with Crippen LogP contribution in [-0.2, 0) is 0 Å². The van der Waals surface area contributed by atoms with Crippen LogP contribution in [0.2, 0.25) is 0 Å². The third kappa shape index (κ3) is 3.05. The Hall–Kier alpha value is -0.890. The summed E-state index contributed by atoms with van der Waals surface area (Å²) >= 11 is 0. The molecule has 1 aromatic rings. The predicted octanol–water partition coefficient (Wildman–Crippen LogP) is 3.39. The zero-order chi connectivity index (χ0) is 11.4. The Morgan fingerprint density at radius 2 is 2.12 bits per heavy atom. The lowest BCUT2D eigenvalue weighted by Gasteiger charge is -2.14. The van der Waals surface area contributed by atoms with Gasteiger partial charge in [0.2, 0.25) is 0 Å². The number of aliphatic hydroxyl groups is 1. The summed E-state index contributed by atoms with van der Waals surface area (Å²) < 4.78 is 0. The molecule has 1 unspecified atom stereocenters. The maximum Gasteiger partial charge on any atom is 0.0805 e. The van der Waals surface area contributed by atoms with Gasteiger partial charge in [0.05, 0.1) is 6.10 Å². The van der Waals surface area contributed by atoms with Gasteiger partial charge in [-0.2, -0.15) is 0 Å². The largest absolute Gasteiger partial charge is 0.388 e. The molecular weight excluding hydrogens is 198 g/mol. The summed E-state index contributed by atoms with van der Waals surface area (Å²) in [6.45, 7) is 2.01. The number of nitrogens with zero attached hydrogens (tertiary/aromatic N) is 1. The van der Waals surface area contributed by atoms with Crippen molar-refractivity contribution in [1.82, 2.24) is 4.98 Å². The number of hydrogen-bond donors (Lipinski definition) is 1. The first-order valence-electron chi connectivity index (χ1n) is 6.35. The number of aryl methyl sites for hydroxylation is 1. The quantitative estimate of drug-likeness (QED) is 0.842. The zero-order valence-electron chi connectivity index (χ0n) is 10.0. The van der Waals surface area contributed by atoms with E-state index in [9.17, 15) is 5.11 Å². The van der Waals surface area contributed by atoms with Crippen molar-refractivity contribution in [2.24, 2.45) is 5.92 Å². The molecule has 2 nitrogen and oxygen atoms in total. The van der Waals surface area contributed by atoms with Gasteiger partial charge < -0.3 is 5.11 Å². The van der Waals surface area contributed by atoms with Crippen molar-refractivity contribution in [3.05, 3.63) is 29.6 Å². The molecule has 0 aromatic carbocycles. The van der Waals surface area contributed by atoms with E-state index in [-0.39, 0.29) is 6.10 Å².